The van der Waals surface area contributed by atoms with Crippen LogP contribution in [0.2, 0.25) is 0 Å². The number of nitrogens with two attached hydrogens (primary N) is 1. The molecule has 2 unspecified atom stereocenters. The van der Waals surface area contributed by atoms with Crippen LogP contribution in [0.5, 0.6) is 0 Å². The standard InChI is InChI=1S/C10H19N3O3/c1-3-10(2,9(11)13-15)12-8(14)7-4-5-16-6-7/h7,15H,3-6H2,1-2H3,(H2,11,13)(H,12,14). The lowest BCUT2D eigenvalue weighted by molar-refractivity contribution is -0.126. The first kappa shape index (κ1) is 12.8. The number of rotatable bonds is 4. The van der Waals surface area contributed by atoms with Gasteiger partial charge in [-0.2, -0.15) is 0 Å². The predicted octanol–water partition coefficient (Wildman–Crippen LogP) is 0.0542. The van der Waals surface area contributed by atoms with Gasteiger partial charge in [-0.05, 0) is 19.8 Å². The average molecular weight is 229 g/mol. The zero-order chi connectivity index (χ0) is 12.2. The second kappa shape index (κ2) is 5.16. The molecule has 1 aliphatic rings. The van der Waals surface area contributed by atoms with Crippen LogP contribution in [0.1, 0.15) is 26.7 Å². The number of ether oxygens (including phenoxy) is 1. The molecule has 4 N–H and O–H groups in total. The molecule has 0 saturated carbocycles. The number of amidine groups is 1. The lowest BCUT2D eigenvalue weighted by Gasteiger charge is -2.29. The molecule has 0 aromatic rings. The number of nitrogens with one attached hydrogen (secondary N) is 1. The second-order valence-corrected chi connectivity index (χ2v) is 4.22. The molecule has 1 saturated heterocycles. The summed E-state index contributed by atoms with van der Waals surface area (Å²) in [7, 11) is 0. The summed E-state index contributed by atoms with van der Waals surface area (Å²) in [6.07, 6.45) is 1.28. The highest BCUT2D eigenvalue weighted by Gasteiger charge is 2.33. The van der Waals surface area contributed by atoms with Crippen LogP contribution < -0.4 is 11.1 Å². The zero-order valence-corrected chi connectivity index (χ0v) is 9.69. The molecule has 6 nitrogen and oxygen atoms in total. The van der Waals surface area contributed by atoms with Crippen LogP contribution in [-0.2, 0) is 9.53 Å². The van der Waals surface area contributed by atoms with Gasteiger partial charge in [0.2, 0.25) is 5.91 Å². The van der Waals surface area contributed by atoms with Crippen molar-refractivity contribution >= 4 is 11.7 Å². The SMILES string of the molecule is CCC(C)(NC(=O)C1CCOC1)C(N)=NO. The van der Waals surface area contributed by atoms with Crippen molar-refractivity contribution in [1.82, 2.24) is 5.32 Å². The highest BCUT2D eigenvalue weighted by Crippen LogP contribution is 2.16. The Morgan fingerprint density at radius 1 is 1.75 bits per heavy atom. The van der Waals surface area contributed by atoms with Gasteiger partial charge in [-0.3, -0.25) is 4.79 Å². The van der Waals surface area contributed by atoms with E-state index in [0.29, 0.717) is 19.6 Å². The zero-order valence-electron chi connectivity index (χ0n) is 9.69. The van der Waals surface area contributed by atoms with E-state index in [1.807, 2.05) is 6.92 Å². The molecule has 0 aromatic heterocycles. The fourth-order valence-electron chi connectivity index (χ4n) is 1.56. The lowest BCUT2D eigenvalue weighted by Crippen LogP contribution is -2.56. The summed E-state index contributed by atoms with van der Waals surface area (Å²) in [5.41, 5.74) is 4.77. The molecule has 92 valence electrons. The first-order valence-electron chi connectivity index (χ1n) is 5.41. The van der Waals surface area contributed by atoms with Crippen molar-refractivity contribution in [3.05, 3.63) is 0 Å². The Morgan fingerprint density at radius 3 is 2.88 bits per heavy atom. The van der Waals surface area contributed by atoms with Crippen molar-refractivity contribution < 1.29 is 14.7 Å². The number of carbonyl (C=O) groups excluding carboxylic acids is 1. The summed E-state index contributed by atoms with van der Waals surface area (Å²) in [4.78, 5) is 11.9. The van der Waals surface area contributed by atoms with Gasteiger partial charge in [0, 0.05) is 6.61 Å². The van der Waals surface area contributed by atoms with E-state index in [2.05, 4.69) is 10.5 Å². The maximum absolute atomic E-state index is 11.9. The molecule has 0 radical (unpaired) electrons. The van der Waals surface area contributed by atoms with E-state index in [4.69, 9.17) is 15.7 Å². The summed E-state index contributed by atoms with van der Waals surface area (Å²) in [5, 5.41) is 14.4. The molecular weight excluding hydrogens is 210 g/mol. The van der Waals surface area contributed by atoms with E-state index in [9.17, 15) is 4.79 Å². The molecule has 0 spiro atoms. The minimum absolute atomic E-state index is 0.0160. The minimum Gasteiger partial charge on any atom is -0.409 e. The van der Waals surface area contributed by atoms with Gasteiger partial charge in [0.1, 0.15) is 0 Å². The molecular formula is C10H19N3O3. The Hall–Kier alpha value is -1.30. The van der Waals surface area contributed by atoms with Crippen LogP contribution in [0, 0.1) is 5.92 Å². The maximum Gasteiger partial charge on any atom is 0.226 e. The molecule has 6 heteroatoms. The van der Waals surface area contributed by atoms with Crippen LogP contribution >= 0.6 is 0 Å². The van der Waals surface area contributed by atoms with Gasteiger partial charge in [0.05, 0.1) is 18.1 Å². The smallest absolute Gasteiger partial charge is 0.226 e. The van der Waals surface area contributed by atoms with Gasteiger partial charge >= 0.3 is 0 Å². The van der Waals surface area contributed by atoms with Gasteiger partial charge < -0.3 is 21.0 Å². The van der Waals surface area contributed by atoms with E-state index in [-0.39, 0.29) is 17.7 Å². The van der Waals surface area contributed by atoms with Crippen LogP contribution in [0.15, 0.2) is 5.16 Å². The minimum atomic E-state index is -0.797. The normalized spacial score (nSPS) is 25.1. The Kier molecular flexibility index (Phi) is 4.12. The van der Waals surface area contributed by atoms with Crippen molar-refractivity contribution in [2.75, 3.05) is 13.2 Å². The Morgan fingerprint density at radius 2 is 2.44 bits per heavy atom. The Labute approximate surface area is 94.8 Å². The third kappa shape index (κ3) is 2.63. The molecule has 1 heterocycles. The highest BCUT2D eigenvalue weighted by atomic mass is 16.5. The molecule has 1 rings (SSSR count). The first-order valence-corrected chi connectivity index (χ1v) is 5.41. The van der Waals surface area contributed by atoms with Crippen molar-refractivity contribution in [3.8, 4) is 0 Å². The predicted molar refractivity (Wildman–Crippen MR) is 59.2 cm³/mol. The third-order valence-electron chi connectivity index (χ3n) is 3.08. The fraction of sp³-hybridized carbons (Fsp3) is 0.800. The lowest BCUT2D eigenvalue weighted by atomic mass is 9.95. The van der Waals surface area contributed by atoms with Crippen molar-refractivity contribution in [2.45, 2.75) is 32.2 Å². The second-order valence-electron chi connectivity index (χ2n) is 4.22. The number of amides is 1. The molecule has 0 aliphatic carbocycles. The summed E-state index contributed by atoms with van der Waals surface area (Å²) < 4.78 is 5.14. The van der Waals surface area contributed by atoms with Gasteiger partial charge in [0.25, 0.3) is 0 Å². The topological polar surface area (TPSA) is 96.9 Å². The molecule has 0 bridgehead atoms. The summed E-state index contributed by atoms with van der Waals surface area (Å²) >= 11 is 0. The summed E-state index contributed by atoms with van der Waals surface area (Å²) in [6.45, 7) is 4.66. The van der Waals surface area contributed by atoms with E-state index < -0.39 is 5.54 Å². The third-order valence-corrected chi connectivity index (χ3v) is 3.08. The number of oxime groups is 1. The number of nitrogens with zero attached hydrogens (tertiary/aromatic N) is 1. The van der Waals surface area contributed by atoms with Crippen molar-refractivity contribution in [2.24, 2.45) is 16.8 Å². The van der Waals surface area contributed by atoms with Crippen LogP contribution in [0.4, 0.5) is 0 Å². The Balaban J connectivity index is 2.65. The number of carbonyl (C=O) groups is 1. The molecule has 2 atom stereocenters. The monoisotopic (exact) mass is 229 g/mol. The molecule has 0 aromatic carbocycles. The van der Waals surface area contributed by atoms with Gasteiger partial charge in [0.15, 0.2) is 5.84 Å². The molecule has 16 heavy (non-hydrogen) atoms. The van der Waals surface area contributed by atoms with E-state index in [0.717, 1.165) is 6.42 Å². The quantitative estimate of drug-likeness (QED) is 0.275. The van der Waals surface area contributed by atoms with Crippen LogP contribution in [0.3, 0.4) is 0 Å². The first-order chi connectivity index (χ1) is 7.53. The molecule has 1 fully saturated rings. The average Bonchev–Trinajstić information content (AvgIpc) is 2.81. The summed E-state index contributed by atoms with van der Waals surface area (Å²) in [5.74, 6) is -0.215. The molecule has 1 aliphatic heterocycles. The van der Waals surface area contributed by atoms with Crippen LogP contribution in [-0.4, -0.2) is 35.7 Å². The van der Waals surface area contributed by atoms with Gasteiger partial charge in [-0.15, -0.1) is 0 Å². The largest absolute Gasteiger partial charge is 0.409 e. The highest BCUT2D eigenvalue weighted by molar-refractivity contribution is 5.94. The number of hydrogen-bond acceptors (Lipinski definition) is 4. The van der Waals surface area contributed by atoms with E-state index in [1.54, 1.807) is 6.92 Å². The van der Waals surface area contributed by atoms with E-state index in [1.165, 1.54) is 0 Å². The molecule has 1 amide bonds. The maximum atomic E-state index is 11.9. The van der Waals surface area contributed by atoms with Gasteiger partial charge in [-0.25, -0.2) is 0 Å². The fourth-order valence-corrected chi connectivity index (χ4v) is 1.56. The van der Waals surface area contributed by atoms with E-state index >= 15 is 0 Å². The van der Waals surface area contributed by atoms with Gasteiger partial charge in [-0.1, -0.05) is 12.1 Å². The number of hydrogen-bond donors (Lipinski definition) is 3. The van der Waals surface area contributed by atoms with Crippen LogP contribution in [0.25, 0.3) is 0 Å². The van der Waals surface area contributed by atoms with Crippen molar-refractivity contribution in [1.29, 1.82) is 0 Å². The summed E-state index contributed by atoms with van der Waals surface area (Å²) in [6, 6.07) is 0. The van der Waals surface area contributed by atoms with Crippen molar-refractivity contribution in [3.63, 3.8) is 0 Å². The Bertz CT molecular complexity index is 287.